The van der Waals surface area contributed by atoms with Crippen molar-refractivity contribution in [3.05, 3.63) is 47.3 Å². The molecule has 0 saturated heterocycles. The average Bonchev–Trinajstić information content (AvgIpc) is 3.05. The Kier molecular flexibility index (Phi) is 5.57. The molecular formula is C15H19N3O2S2. The molecular weight excluding hydrogens is 318 g/mol. The lowest BCUT2D eigenvalue weighted by Crippen LogP contribution is -2.21. The summed E-state index contributed by atoms with van der Waals surface area (Å²) in [7, 11) is -3.55. The van der Waals surface area contributed by atoms with Crippen LogP contribution in [0, 0.1) is 0 Å². The van der Waals surface area contributed by atoms with E-state index in [1.165, 1.54) is 6.21 Å². The third-order valence-corrected chi connectivity index (χ3v) is 5.79. The van der Waals surface area contributed by atoms with E-state index in [0.29, 0.717) is 0 Å². The zero-order valence-corrected chi connectivity index (χ0v) is 14.2. The van der Waals surface area contributed by atoms with Crippen molar-refractivity contribution in [3.8, 4) is 0 Å². The Labute approximate surface area is 135 Å². The van der Waals surface area contributed by atoms with E-state index in [4.69, 9.17) is 0 Å². The van der Waals surface area contributed by atoms with E-state index >= 15 is 0 Å². The second-order valence-corrected chi connectivity index (χ2v) is 7.38. The smallest absolute Gasteiger partial charge is 0.286 e. The van der Waals surface area contributed by atoms with Crippen LogP contribution >= 0.6 is 11.3 Å². The van der Waals surface area contributed by atoms with Crippen LogP contribution in [0.2, 0.25) is 0 Å². The fraction of sp³-hybridized carbons (Fsp3) is 0.267. The molecule has 118 valence electrons. The highest BCUT2D eigenvalue weighted by Gasteiger charge is 2.12. The Balaban J connectivity index is 2.02. The summed E-state index contributed by atoms with van der Waals surface area (Å²) < 4.78 is 24.0. The minimum atomic E-state index is -3.55. The number of nitrogens with zero attached hydrogens (tertiary/aromatic N) is 2. The third kappa shape index (κ3) is 4.08. The number of nitrogens with one attached hydrogen (secondary N) is 1. The van der Waals surface area contributed by atoms with Crippen LogP contribution in [0.1, 0.15) is 19.4 Å². The van der Waals surface area contributed by atoms with Crippen LogP contribution < -0.4 is 9.73 Å². The summed E-state index contributed by atoms with van der Waals surface area (Å²) >= 11 is 1.16. The Morgan fingerprint density at radius 2 is 1.86 bits per heavy atom. The standard InChI is InChI=1S/C15H19N3O2S2/c1-3-18(4-2)14-9-7-13(8-10-14)12-16-17-22(19,20)15-6-5-11-21-15/h5-12,17H,3-4H2,1-2H3/b16-12+. The molecule has 5 nitrogen and oxygen atoms in total. The Morgan fingerprint density at radius 3 is 2.41 bits per heavy atom. The Hall–Kier alpha value is -1.86. The average molecular weight is 337 g/mol. The van der Waals surface area contributed by atoms with Crippen LogP contribution in [0.5, 0.6) is 0 Å². The predicted molar refractivity (Wildman–Crippen MR) is 92.2 cm³/mol. The molecule has 2 rings (SSSR count). The summed E-state index contributed by atoms with van der Waals surface area (Å²) in [4.78, 5) is 4.45. The van der Waals surface area contributed by atoms with Gasteiger partial charge in [-0.1, -0.05) is 18.2 Å². The number of hydrogen-bond acceptors (Lipinski definition) is 5. The van der Waals surface area contributed by atoms with Crippen molar-refractivity contribution < 1.29 is 8.42 Å². The van der Waals surface area contributed by atoms with Crippen molar-refractivity contribution >= 4 is 33.3 Å². The van der Waals surface area contributed by atoms with E-state index in [9.17, 15) is 8.42 Å². The van der Waals surface area contributed by atoms with Gasteiger partial charge in [-0.15, -0.1) is 11.3 Å². The van der Waals surface area contributed by atoms with Crippen molar-refractivity contribution in [1.29, 1.82) is 0 Å². The first-order valence-corrected chi connectivity index (χ1v) is 9.36. The monoisotopic (exact) mass is 337 g/mol. The molecule has 0 radical (unpaired) electrons. The number of sulfonamides is 1. The number of thiophene rings is 1. The second kappa shape index (κ2) is 7.42. The Bertz CT molecular complexity index is 704. The molecule has 0 aliphatic heterocycles. The van der Waals surface area contributed by atoms with E-state index in [0.717, 1.165) is 35.7 Å². The van der Waals surface area contributed by atoms with Crippen LogP contribution in [-0.2, 0) is 10.0 Å². The van der Waals surface area contributed by atoms with Crippen LogP contribution in [0.25, 0.3) is 0 Å². The van der Waals surface area contributed by atoms with Crippen molar-refractivity contribution in [1.82, 2.24) is 4.83 Å². The van der Waals surface area contributed by atoms with Crippen molar-refractivity contribution in [3.63, 3.8) is 0 Å². The third-order valence-electron chi connectivity index (χ3n) is 3.17. The lowest BCUT2D eigenvalue weighted by atomic mass is 10.2. The number of hydrogen-bond donors (Lipinski definition) is 1. The summed E-state index contributed by atoms with van der Waals surface area (Å²) in [5.41, 5.74) is 1.98. The molecule has 1 aromatic carbocycles. The van der Waals surface area contributed by atoms with E-state index in [-0.39, 0.29) is 4.21 Å². The number of anilines is 1. The lowest BCUT2D eigenvalue weighted by Gasteiger charge is -2.20. The highest BCUT2D eigenvalue weighted by Crippen LogP contribution is 2.16. The summed E-state index contributed by atoms with van der Waals surface area (Å²) in [6, 6.07) is 11.1. The number of hydrazone groups is 1. The zero-order chi connectivity index (χ0) is 16.0. The van der Waals surface area contributed by atoms with Crippen molar-refractivity contribution in [2.75, 3.05) is 18.0 Å². The molecule has 0 aliphatic carbocycles. The fourth-order valence-electron chi connectivity index (χ4n) is 1.99. The van der Waals surface area contributed by atoms with Crippen LogP contribution in [0.4, 0.5) is 5.69 Å². The minimum absolute atomic E-state index is 0.251. The quantitative estimate of drug-likeness (QED) is 0.624. The summed E-state index contributed by atoms with van der Waals surface area (Å²) in [5.74, 6) is 0. The molecule has 1 aromatic heterocycles. The van der Waals surface area contributed by atoms with Gasteiger partial charge in [0, 0.05) is 18.8 Å². The summed E-state index contributed by atoms with van der Waals surface area (Å²) in [5, 5.41) is 5.53. The summed E-state index contributed by atoms with van der Waals surface area (Å²) in [6.07, 6.45) is 1.50. The first kappa shape index (κ1) is 16.5. The van der Waals surface area contributed by atoms with E-state index < -0.39 is 10.0 Å². The van der Waals surface area contributed by atoms with Crippen LogP contribution in [-0.4, -0.2) is 27.7 Å². The highest BCUT2D eigenvalue weighted by atomic mass is 32.2. The van der Waals surface area contributed by atoms with Gasteiger partial charge in [0.05, 0.1) is 6.21 Å². The maximum Gasteiger partial charge on any atom is 0.286 e. The normalized spacial score (nSPS) is 11.7. The molecule has 7 heteroatoms. The highest BCUT2D eigenvalue weighted by molar-refractivity contribution is 7.91. The molecule has 0 unspecified atom stereocenters. The number of rotatable bonds is 7. The van der Waals surface area contributed by atoms with Gasteiger partial charge in [0.1, 0.15) is 4.21 Å². The summed E-state index contributed by atoms with van der Waals surface area (Å²) in [6.45, 7) is 6.12. The SMILES string of the molecule is CCN(CC)c1ccc(/C=N/NS(=O)(=O)c2cccs2)cc1. The van der Waals surface area contributed by atoms with E-state index in [1.807, 2.05) is 24.3 Å². The van der Waals surface area contributed by atoms with Gasteiger partial charge in [-0.05, 0) is 43.0 Å². The number of benzene rings is 1. The first-order chi connectivity index (χ1) is 10.6. The van der Waals surface area contributed by atoms with Gasteiger partial charge in [0.2, 0.25) is 0 Å². The molecule has 1 N–H and O–H groups in total. The van der Waals surface area contributed by atoms with Crippen LogP contribution in [0.15, 0.2) is 51.1 Å². The van der Waals surface area contributed by atoms with Gasteiger partial charge in [0.15, 0.2) is 0 Å². The second-order valence-electron chi connectivity index (χ2n) is 4.55. The van der Waals surface area contributed by atoms with Gasteiger partial charge in [-0.25, -0.2) is 0 Å². The largest absolute Gasteiger partial charge is 0.372 e. The molecule has 22 heavy (non-hydrogen) atoms. The van der Waals surface area contributed by atoms with E-state index in [1.54, 1.807) is 17.5 Å². The molecule has 0 bridgehead atoms. The topological polar surface area (TPSA) is 61.8 Å². The molecule has 0 aliphatic rings. The molecule has 0 atom stereocenters. The molecule has 0 fully saturated rings. The maximum atomic E-state index is 11.9. The molecule has 0 spiro atoms. The Morgan fingerprint density at radius 1 is 1.18 bits per heavy atom. The molecule has 0 amide bonds. The predicted octanol–water partition coefficient (Wildman–Crippen LogP) is 2.91. The van der Waals surface area contributed by atoms with E-state index in [2.05, 4.69) is 28.7 Å². The first-order valence-electron chi connectivity index (χ1n) is 7.00. The molecule has 0 saturated carbocycles. The van der Waals surface area contributed by atoms with Gasteiger partial charge in [0.25, 0.3) is 10.0 Å². The lowest BCUT2D eigenvalue weighted by molar-refractivity contribution is 0.587. The molecule has 1 heterocycles. The molecule has 2 aromatic rings. The van der Waals surface area contributed by atoms with Crippen molar-refractivity contribution in [2.45, 2.75) is 18.1 Å². The van der Waals surface area contributed by atoms with Gasteiger partial charge < -0.3 is 4.90 Å². The van der Waals surface area contributed by atoms with Crippen LogP contribution in [0.3, 0.4) is 0 Å². The minimum Gasteiger partial charge on any atom is -0.372 e. The fourth-order valence-corrected chi connectivity index (χ4v) is 3.76. The van der Waals surface area contributed by atoms with Gasteiger partial charge in [-0.2, -0.15) is 18.4 Å². The van der Waals surface area contributed by atoms with Gasteiger partial charge >= 0.3 is 0 Å². The zero-order valence-electron chi connectivity index (χ0n) is 12.6. The van der Waals surface area contributed by atoms with Crippen molar-refractivity contribution in [2.24, 2.45) is 5.10 Å². The maximum absolute atomic E-state index is 11.9. The van der Waals surface area contributed by atoms with Gasteiger partial charge in [-0.3, -0.25) is 0 Å².